The molecular weight excluding hydrogens is 420 g/mol. The molecule has 2 aromatic carbocycles. The van der Waals surface area contributed by atoms with Crippen molar-refractivity contribution in [1.29, 1.82) is 0 Å². The van der Waals surface area contributed by atoms with Crippen LogP contribution in [0.1, 0.15) is 31.4 Å². The maximum Gasteiger partial charge on any atom is 0.240 e. The lowest BCUT2D eigenvalue weighted by atomic mass is 10.1. The number of rotatable bonds is 13. The first-order valence-corrected chi connectivity index (χ1v) is 11.5. The second kappa shape index (κ2) is 12.3. The predicted molar refractivity (Wildman–Crippen MR) is 118 cm³/mol. The molecule has 2 N–H and O–H groups in total. The van der Waals surface area contributed by atoms with Crippen molar-refractivity contribution < 1.29 is 27.4 Å². The fourth-order valence-corrected chi connectivity index (χ4v) is 3.88. The molecule has 1 amide bonds. The minimum Gasteiger partial charge on any atom is -0.493 e. The van der Waals surface area contributed by atoms with Gasteiger partial charge in [0.1, 0.15) is 0 Å². The van der Waals surface area contributed by atoms with E-state index in [1.54, 1.807) is 0 Å². The highest BCUT2D eigenvalue weighted by atomic mass is 32.2. The Kier molecular flexibility index (Phi) is 9.77. The summed E-state index contributed by atoms with van der Waals surface area (Å²) in [4.78, 5) is 12.0. The number of hydrogen-bond acceptors (Lipinski definition) is 6. The second-order valence-corrected chi connectivity index (χ2v) is 8.56. The van der Waals surface area contributed by atoms with Crippen LogP contribution in [0.4, 0.5) is 0 Å². The van der Waals surface area contributed by atoms with Gasteiger partial charge in [-0.05, 0) is 31.0 Å². The van der Waals surface area contributed by atoms with E-state index in [-0.39, 0.29) is 29.9 Å². The van der Waals surface area contributed by atoms with Crippen LogP contribution in [0.5, 0.6) is 11.5 Å². The van der Waals surface area contributed by atoms with Crippen molar-refractivity contribution in [2.45, 2.75) is 30.8 Å². The van der Waals surface area contributed by atoms with Gasteiger partial charge in [0, 0.05) is 32.2 Å². The van der Waals surface area contributed by atoms with Crippen LogP contribution in [0.2, 0.25) is 0 Å². The number of hydrogen-bond donors (Lipinski definition) is 2. The van der Waals surface area contributed by atoms with Crippen LogP contribution >= 0.6 is 0 Å². The molecule has 0 saturated heterocycles. The molecule has 0 bridgehead atoms. The number of sulfonamides is 1. The van der Waals surface area contributed by atoms with Crippen molar-refractivity contribution in [2.24, 2.45) is 0 Å². The third-order valence-electron chi connectivity index (χ3n) is 4.59. The molecule has 31 heavy (non-hydrogen) atoms. The zero-order valence-electron chi connectivity index (χ0n) is 18.1. The number of benzene rings is 2. The van der Waals surface area contributed by atoms with Crippen molar-refractivity contribution >= 4 is 15.9 Å². The topological polar surface area (TPSA) is 103 Å². The average molecular weight is 451 g/mol. The summed E-state index contributed by atoms with van der Waals surface area (Å²) < 4.78 is 43.2. The molecule has 0 radical (unpaired) electrons. The van der Waals surface area contributed by atoms with Crippen molar-refractivity contribution in [3.05, 3.63) is 54.1 Å². The molecule has 2 aromatic rings. The van der Waals surface area contributed by atoms with Gasteiger partial charge < -0.3 is 19.5 Å². The molecule has 1 atom stereocenters. The standard InChI is InChI=1S/C22H30N2O6S/c1-17(18-8-5-4-6-9-18)30-15-7-13-23-22(25)12-14-24-31(26,27)19-10-11-20(28-2)21(16-19)29-3/h4-6,8-11,16-17,24H,7,12-15H2,1-3H3,(H,23,25). The molecule has 0 aliphatic carbocycles. The van der Waals surface area contributed by atoms with Gasteiger partial charge in [0.15, 0.2) is 11.5 Å². The third kappa shape index (κ3) is 7.86. The van der Waals surface area contributed by atoms with Crippen molar-refractivity contribution in [1.82, 2.24) is 10.0 Å². The normalized spacial score (nSPS) is 12.2. The lowest BCUT2D eigenvalue weighted by molar-refractivity contribution is -0.120. The summed E-state index contributed by atoms with van der Waals surface area (Å²) in [6.45, 7) is 2.95. The van der Waals surface area contributed by atoms with E-state index in [9.17, 15) is 13.2 Å². The van der Waals surface area contributed by atoms with E-state index in [4.69, 9.17) is 14.2 Å². The number of amides is 1. The van der Waals surface area contributed by atoms with E-state index < -0.39 is 10.0 Å². The van der Waals surface area contributed by atoms with Gasteiger partial charge in [-0.15, -0.1) is 0 Å². The van der Waals surface area contributed by atoms with Crippen molar-refractivity contribution in [2.75, 3.05) is 33.9 Å². The Bertz CT molecular complexity index is 934. The number of carbonyl (C=O) groups is 1. The van der Waals surface area contributed by atoms with Crippen LogP contribution in [0, 0.1) is 0 Å². The smallest absolute Gasteiger partial charge is 0.240 e. The Morgan fingerprint density at radius 1 is 1.00 bits per heavy atom. The maximum atomic E-state index is 12.4. The zero-order chi connectivity index (χ0) is 22.7. The summed E-state index contributed by atoms with van der Waals surface area (Å²) in [5.41, 5.74) is 1.10. The minimum atomic E-state index is -3.76. The molecule has 0 aliphatic rings. The molecule has 170 valence electrons. The number of methoxy groups -OCH3 is 2. The van der Waals surface area contributed by atoms with Gasteiger partial charge in [0.25, 0.3) is 0 Å². The maximum absolute atomic E-state index is 12.4. The lowest BCUT2D eigenvalue weighted by Crippen LogP contribution is -2.31. The number of carbonyl (C=O) groups excluding carboxylic acids is 1. The van der Waals surface area contributed by atoms with E-state index in [1.165, 1.54) is 32.4 Å². The first-order chi connectivity index (χ1) is 14.9. The van der Waals surface area contributed by atoms with Crippen molar-refractivity contribution in [3.8, 4) is 11.5 Å². The van der Waals surface area contributed by atoms with E-state index in [1.807, 2.05) is 37.3 Å². The average Bonchev–Trinajstić information content (AvgIpc) is 2.78. The van der Waals surface area contributed by atoms with E-state index in [0.29, 0.717) is 31.1 Å². The summed E-state index contributed by atoms with van der Waals surface area (Å²) >= 11 is 0. The van der Waals surface area contributed by atoms with Crippen LogP contribution in [-0.4, -0.2) is 48.2 Å². The molecule has 0 fully saturated rings. The molecule has 9 heteroatoms. The van der Waals surface area contributed by atoms with Gasteiger partial charge in [0.05, 0.1) is 25.2 Å². The lowest BCUT2D eigenvalue weighted by Gasteiger charge is -2.13. The Balaban J connectivity index is 1.67. The molecular formula is C22H30N2O6S. The molecule has 0 spiro atoms. The van der Waals surface area contributed by atoms with Crippen LogP contribution in [-0.2, 0) is 19.6 Å². The molecule has 8 nitrogen and oxygen atoms in total. The van der Waals surface area contributed by atoms with Gasteiger partial charge in [0.2, 0.25) is 15.9 Å². The summed E-state index contributed by atoms with van der Waals surface area (Å²) in [5, 5.41) is 2.77. The fraction of sp³-hybridized carbons (Fsp3) is 0.409. The molecule has 1 unspecified atom stereocenters. The quantitative estimate of drug-likeness (QED) is 0.455. The Morgan fingerprint density at radius 3 is 2.39 bits per heavy atom. The van der Waals surface area contributed by atoms with Gasteiger partial charge in [-0.3, -0.25) is 4.79 Å². The van der Waals surface area contributed by atoms with Gasteiger partial charge >= 0.3 is 0 Å². The third-order valence-corrected chi connectivity index (χ3v) is 6.05. The summed E-state index contributed by atoms with van der Waals surface area (Å²) in [6, 6.07) is 14.2. The fourth-order valence-electron chi connectivity index (χ4n) is 2.83. The molecule has 0 aromatic heterocycles. The summed E-state index contributed by atoms with van der Waals surface area (Å²) in [7, 11) is -0.863. The Hall–Kier alpha value is -2.62. The van der Waals surface area contributed by atoms with Crippen molar-refractivity contribution in [3.63, 3.8) is 0 Å². The SMILES string of the molecule is COc1ccc(S(=O)(=O)NCCC(=O)NCCCOC(C)c2ccccc2)cc1OC. The molecule has 0 aliphatic heterocycles. The zero-order valence-corrected chi connectivity index (χ0v) is 18.9. The molecule has 0 saturated carbocycles. The first-order valence-electron chi connectivity index (χ1n) is 10.0. The highest BCUT2D eigenvalue weighted by molar-refractivity contribution is 7.89. The number of ether oxygens (including phenoxy) is 3. The number of nitrogens with one attached hydrogen (secondary N) is 2. The summed E-state index contributed by atoms with van der Waals surface area (Å²) in [5.74, 6) is 0.515. The van der Waals surface area contributed by atoms with Crippen LogP contribution in [0.15, 0.2) is 53.4 Å². The van der Waals surface area contributed by atoms with Gasteiger partial charge in [-0.2, -0.15) is 0 Å². The molecule has 0 heterocycles. The van der Waals surface area contributed by atoms with Crippen LogP contribution < -0.4 is 19.5 Å². The second-order valence-electron chi connectivity index (χ2n) is 6.79. The Labute approximate surface area is 184 Å². The largest absolute Gasteiger partial charge is 0.493 e. The van der Waals surface area contributed by atoms with E-state index in [0.717, 1.165) is 5.56 Å². The first kappa shape index (κ1) is 24.6. The van der Waals surface area contributed by atoms with Gasteiger partial charge in [-0.1, -0.05) is 30.3 Å². The van der Waals surface area contributed by atoms with Gasteiger partial charge in [-0.25, -0.2) is 13.1 Å². The van der Waals surface area contributed by atoms with E-state index >= 15 is 0 Å². The minimum absolute atomic E-state index is 0.00987. The Morgan fingerprint density at radius 2 is 1.71 bits per heavy atom. The monoisotopic (exact) mass is 450 g/mol. The predicted octanol–water partition coefficient (Wildman–Crippen LogP) is 2.66. The highest BCUT2D eigenvalue weighted by Gasteiger charge is 2.17. The van der Waals surface area contributed by atoms with E-state index in [2.05, 4.69) is 10.0 Å². The highest BCUT2D eigenvalue weighted by Crippen LogP contribution is 2.29. The summed E-state index contributed by atoms with van der Waals surface area (Å²) in [6.07, 6.45) is 0.691. The van der Waals surface area contributed by atoms with Crippen LogP contribution in [0.25, 0.3) is 0 Å². The molecule has 2 rings (SSSR count). The van der Waals surface area contributed by atoms with Crippen LogP contribution in [0.3, 0.4) is 0 Å².